The van der Waals surface area contributed by atoms with Gasteiger partial charge >= 0.3 is 5.97 Å². The molecule has 0 atom stereocenters. The minimum Gasteiger partial charge on any atom is -0.468 e. The first-order chi connectivity index (χ1) is 7.95. The van der Waals surface area contributed by atoms with E-state index in [1.807, 2.05) is 0 Å². The Morgan fingerprint density at radius 1 is 1.41 bits per heavy atom. The average Bonchev–Trinajstić information content (AvgIpc) is 2.28. The SMILES string of the molecule is COC(=O)CN(C)C(=O)c1ccc(C)[nH]c1=O. The zero-order chi connectivity index (χ0) is 13.0. The van der Waals surface area contributed by atoms with Gasteiger partial charge in [-0.3, -0.25) is 14.4 Å². The number of aryl methyl sites for hydroxylation is 1. The van der Waals surface area contributed by atoms with Crippen LogP contribution < -0.4 is 5.56 Å². The number of aromatic amines is 1. The van der Waals surface area contributed by atoms with E-state index in [2.05, 4.69) is 9.72 Å². The van der Waals surface area contributed by atoms with Crippen molar-refractivity contribution in [2.24, 2.45) is 0 Å². The van der Waals surface area contributed by atoms with Crippen molar-refractivity contribution in [3.8, 4) is 0 Å². The second-order valence-corrected chi connectivity index (χ2v) is 3.62. The number of likely N-dealkylation sites (N-methyl/N-ethyl adjacent to an activating group) is 1. The highest BCUT2D eigenvalue weighted by atomic mass is 16.5. The number of carbonyl (C=O) groups is 2. The largest absolute Gasteiger partial charge is 0.468 e. The van der Waals surface area contributed by atoms with Gasteiger partial charge < -0.3 is 14.6 Å². The summed E-state index contributed by atoms with van der Waals surface area (Å²) in [7, 11) is 2.66. The van der Waals surface area contributed by atoms with Crippen LogP contribution in [0.2, 0.25) is 0 Å². The third kappa shape index (κ3) is 3.17. The van der Waals surface area contributed by atoms with E-state index in [0.717, 1.165) is 4.90 Å². The van der Waals surface area contributed by atoms with Crippen LogP contribution in [0.5, 0.6) is 0 Å². The maximum Gasteiger partial charge on any atom is 0.325 e. The molecule has 6 heteroatoms. The summed E-state index contributed by atoms with van der Waals surface area (Å²) in [6.45, 7) is 1.52. The molecule has 0 aliphatic carbocycles. The van der Waals surface area contributed by atoms with Gasteiger partial charge in [-0.05, 0) is 19.1 Å². The second kappa shape index (κ2) is 5.29. The Bertz CT molecular complexity index is 492. The lowest BCUT2D eigenvalue weighted by Gasteiger charge is -2.14. The summed E-state index contributed by atoms with van der Waals surface area (Å²) in [6, 6.07) is 3.06. The number of nitrogens with one attached hydrogen (secondary N) is 1. The Morgan fingerprint density at radius 3 is 2.59 bits per heavy atom. The predicted octanol–water partition coefficient (Wildman–Crippen LogP) is -0.0717. The number of amides is 1. The van der Waals surface area contributed by atoms with Crippen molar-refractivity contribution in [3.63, 3.8) is 0 Å². The number of aromatic nitrogens is 1. The number of H-pyrrole nitrogens is 1. The maximum atomic E-state index is 11.8. The zero-order valence-electron chi connectivity index (χ0n) is 9.94. The Kier molecular flexibility index (Phi) is 4.03. The van der Waals surface area contributed by atoms with Gasteiger partial charge in [0.15, 0.2) is 0 Å². The van der Waals surface area contributed by atoms with Gasteiger partial charge in [-0.25, -0.2) is 0 Å². The highest BCUT2D eigenvalue weighted by Gasteiger charge is 2.17. The molecule has 1 rings (SSSR count). The Labute approximate surface area is 98.2 Å². The minimum atomic E-state index is -0.538. The molecule has 0 fully saturated rings. The Morgan fingerprint density at radius 2 is 2.06 bits per heavy atom. The molecule has 1 amide bonds. The Hall–Kier alpha value is -2.11. The number of pyridine rings is 1. The van der Waals surface area contributed by atoms with Crippen LogP contribution in [0.4, 0.5) is 0 Å². The van der Waals surface area contributed by atoms with E-state index in [4.69, 9.17) is 0 Å². The molecule has 0 saturated carbocycles. The minimum absolute atomic E-state index is 0.00185. The smallest absolute Gasteiger partial charge is 0.325 e. The number of rotatable bonds is 3. The molecule has 92 valence electrons. The van der Waals surface area contributed by atoms with Crippen molar-refractivity contribution in [1.29, 1.82) is 0 Å². The number of methoxy groups -OCH3 is 1. The zero-order valence-corrected chi connectivity index (χ0v) is 9.94. The lowest BCUT2D eigenvalue weighted by atomic mass is 10.2. The molecule has 0 aromatic carbocycles. The topological polar surface area (TPSA) is 79.5 Å². The normalized spacial score (nSPS) is 9.82. The first-order valence-electron chi connectivity index (χ1n) is 4.98. The average molecular weight is 238 g/mol. The molecule has 0 saturated heterocycles. The lowest BCUT2D eigenvalue weighted by molar-refractivity contribution is -0.141. The monoisotopic (exact) mass is 238 g/mol. The van der Waals surface area contributed by atoms with Crippen molar-refractivity contribution in [2.45, 2.75) is 6.92 Å². The van der Waals surface area contributed by atoms with E-state index in [1.165, 1.54) is 20.2 Å². The molecule has 0 aliphatic rings. The van der Waals surface area contributed by atoms with E-state index < -0.39 is 17.4 Å². The van der Waals surface area contributed by atoms with E-state index in [0.29, 0.717) is 5.69 Å². The molecule has 1 heterocycles. The highest BCUT2D eigenvalue weighted by Crippen LogP contribution is 1.99. The fourth-order valence-corrected chi connectivity index (χ4v) is 1.28. The molecule has 1 N–H and O–H groups in total. The van der Waals surface area contributed by atoms with Crippen molar-refractivity contribution < 1.29 is 14.3 Å². The summed E-state index contributed by atoms with van der Waals surface area (Å²) in [4.78, 5) is 38.0. The van der Waals surface area contributed by atoms with Crippen LogP contribution in [0.25, 0.3) is 0 Å². The van der Waals surface area contributed by atoms with Crippen LogP contribution in [0.3, 0.4) is 0 Å². The number of hydrogen-bond acceptors (Lipinski definition) is 4. The number of nitrogens with zero attached hydrogens (tertiary/aromatic N) is 1. The third-order valence-electron chi connectivity index (χ3n) is 2.23. The van der Waals surface area contributed by atoms with Gasteiger partial charge in [0.05, 0.1) is 7.11 Å². The molecular weight excluding hydrogens is 224 g/mol. The third-order valence-corrected chi connectivity index (χ3v) is 2.23. The fourth-order valence-electron chi connectivity index (χ4n) is 1.28. The standard InChI is InChI=1S/C11H14N2O4/c1-7-4-5-8(10(15)12-7)11(16)13(2)6-9(14)17-3/h4-5H,6H2,1-3H3,(H,12,15). The number of esters is 1. The van der Waals surface area contributed by atoms with E-state index in [-0.39, 0.29) is 12.1 Å². The molecular formula is C11H14N2O4. The molecule has 0 bridgehead atoms. The summed E-state index contributed by atoms with van der Waals surface area (Å²) >= 11 is 0. The van der Waals surface area contributed by atoms with Crippen LogP contribution in [-0.4, -0.2) is 42.5 Å². The van der Waals surface area contributed by atoms with Crippen molar-refractivity contribution >= 4 is 11.9 Å². The lowest BCUT2D eigenvalue weighted by Crippen LogP contribution is -2.35. The highest BCUT2D eigenvalue weighted by molar-refractivity contribution is 5.95. The fraction of sp³-hybridized carbons (Fsp3) is 0.364. The molecule has 0 spiro atoms. The van der Waals surface area contributed by atoms with Gasteiger partial charge in [0.2, 0.25) is 0 Å². The first kappa shape index (κ1) is 13.0. The van der Waals surface area contributed by atoms with Gasteiger partial charge in [-0.1, -0.05) is 0 Å². The van der Waals surface area contributed by atoms with E-state index in [9.17, 15) is 14.4 Å². The maximum absolute atomic E-state index is 11.8. The predicted molar refractivity (Wildman–Crippen MR) is 60.8 cm³/mol. The van der Waals surface area contributed by atoms with Crippen molar-refractivity contribution in [3.05, 3.63) is 33.7 Å². The summed E-state index contributed by atoms with van der Waals surface area (Å²) in [5.41, 5.74) is 0.205. The second-order valence-electron chi connectivity index (χ2n) is 3.62. The molecule has 0 aliphatic heterocycles. The quantitative estimate of drug-likeness (QED) is 0.747. The number of carbonyl (C=O) groups excluding carboxylic acids is 2. The number of ether oxygens (including phenoxy) is 1. The van der Waals surface area contributed by atoms with Crippen LogP contribution >= 0.6 is 0 Å². The summed E-state index contributed by atoms with van der Waals surface area (Å²) in [5.74, 6) is -1.05. The summed E-state index contributed by atoms with van der Waals surface area (Å²) in [5, 5.41) is 0. The molecule has 17 heavy (non-hydrogen) atoms. The molecule has 6 nitrogen and oxygen atoms in total. The van der Waals surface area contributed by atoms with E-state index >= 15 is 0 Å². The molecule has 0 unspecified atom stereocenters. The van der Waals surface area contributed by atoms with Crippen LogP contribution in [0, 0.1) is 6.92 Å². The molecule has 0 radical (unpaired) electrons. The summed E-state index contributed by atoms with van der Waals surface area (Å²) < 4.78 is 4.44. The van der Waals surface area contributed by atoms with Gasteiger partial charge in [0.1, 0.15) is 12.1 Å². The van der Waals surface area contributed by atoms with Crippen LogP contribution in [-0.2, 0) is 9.53 Å². The Balaban J connectivity index is 2.89. The van der Waals surface area contributed by atoms with Crippen LogP contribution in [0.15, 0.2) is 16.9 Å². The van der Waals surface area contributed by atoms with Gasteiger partial charge in [0, 0.05) is 12.7 Å². The molecule has 1 aromatic heterocycles. The van der Waals surface area contributed by atoms with Gasteiger partial charge in [-0.15, -0.1) is 0 Å². The number of hydrogen-bond donors (Lipinski definition) is 1. The van der Waals surface area contributed by atoms with Gasteiger partial charge in [0.25, 0.3) is 11.5 Å². The summed E-state index contributed by atoms with van der Waals surface area (Å²) in [6.07, 6.45) is 0. The van der Waals surface area contributed by atoms with Crippen LogP contribution in [0.1, 0.15) is 16.1 Å². The molecule has 1 aromatic rings. The first-order valence-corrected chi connectivity index (χ1v) is 4.98. The van der Waals surface area contributed by atoms with Crippen molar-refractivity contribution in [1.82, 2.24) is 9.88 Å². The van der Waals surface area contributed by atoms with Crippen molar-refractivity contribution in [2.75, 3.05) is 20.7 Å². The van der Waals surface area contributed by atoms with Gasteiger partial charge in [-0.2, -0.15) is 0 Å². The van der Waals surface area contributed by atoms with E-state index in [1.54, 1.807) is 13.0 Å².